The summed E-state index contributed by atoms with van der Waals surface area (Å²) >= 11 is 3.53. The molecule has 0 aromatic carbocycles. The predicted octanol–water partition coefficient (Wildman–Crippen LogP) is 2.51. The van der Waals surface area contributed by atoms with E-state index in [4.69, 9.17) is 4.74 Å². The van der Waals surface area contributed by atoms with Crippen molar-refractivity contribution in [2.75, 3.05) is 13.2 Å². The van der Waals surface area contributed by atoms with Gasteiger partial charge in [-0.15, -0.1) is 0 Å². The molecule has 0 N–H and O–H groups in total. The van der Waals surface area contributed by atoms with Gasteiger partial charge in [-0.1, -0.05) is 0 Å². The highest BCUT2D eigenvalue weighted by molar-refractivity contribution is 9.10. The lowest BCUT2D eigenvalue weighted by molar-refractivity contribution is -0.125. The zero-order valence-electron chi connectivity index (χ0n) is 10.9. The SMILES string of the molecule is CCn1nc(C)c(Br)c1CC(=O)C1CCOCC1. The van der Waals surface area contributed by atoms with Crippen molar-refractivity contribution < 1.29 is 9.53 Å². The molecule has 2 heterocycles. The van der Waals surface area contributed by atoms with Gasteiger partial charge in [0.2, 0.25) is 0 Å². The van der Waals surface area contributed by atoms with Crippen LogP contribution < -0.4 is 0 Å². The number of carbonyl (C=O) groups excluding carboxylic acids is 1. The van der Waals surface area contributed by atoms with Gasteiger partial charge in [0.1, 0.15) is 5.78 Å². The van der Waals surface area contributed by atoms with E-state index in [0.717, 1.165) is 35.2 Å². The van der Waals surface area contributed by atoms with E-state index < -0.39 is 0 Å². The Morgan fingerprint density at radius 1 is 1.50 bits per heavy atom. The molecular weight excluding hydrogens is 296 g/mol. The number of rotatable bonds is 4. The van der Waals surface area contributed by atoms with E-state index in [1.54, 1.807) is 0 Å². The fourth-order valence-electron chi connectivity index (χ4n) is 2.37. The van der Waals surface area contributed by atoms with Crippen LogP contribution in [0.2, 0.25) is 0 Å². The molecule has 1 aliphatic rings. The Morgan fingerprint density at radius 3 is 2.78 bits per heavy atom. The first-order valence-electron chi connectivity index (χ1n) is 6.45. The number of Topliss-reactive ketones (excluding diaryl/α,β-unsaturated/α-hetero) is 1. The normalized spacial score (nSPS) is 17.1. The fraction of sp³-hybridized carbons (Fsp3) is 0.692. The number of halogens is 1. The van der Waals surface area contributed by atoms with Gasteiger partial charge in [0.05, 0.1) is 15.9 Å². The largest absolute Gasteiger partial charge is 0.381 e. The third-order valence-corrected chi connectivity index (χ3v) is 4.50. The number of ketones is 1. The van der Waals surface area contributed by atoms with Crippen LogP contribution in [0, 0.1) is 12.8 Å². The van der Waals surface area contributed by atoms with E-state index in [-0.39, 0.29) is 5.92 Å². The summed E-state index contributed by atoms with van der Waals surface area (Å²) in [4.78, 5) is 12.3. The Hall–Kier alpha value is -0.680. The smallest absolute Gasteiger partial charge is 0.142 e. The minimum atomic E-state index is 0.158. The van der Waals surface area contributed by atoms with E-state index in [1.807, 2.05) is 18.5 Å². The van der Waals surface area contributed by atoms with Crippen molar-refractivity contribution >= 4 is 21.7 Å². The highest BCUT2D eigenvalue weighted by Crippen LogP contribution is 2.24. The summed E-state index contributed by atoms with van der Waals surface area (Å²) in [6.07, 6.45) is 2.19. The maximum absolute atomic E-state index is 12.3. The van der Waals surface area contributed by atoms with Crippen LogP contribution in [0.25, 0.3) is 0 Å². The van der Waals surface area contributed by atoms with Crippen molar-refractivity contribution in [3.63, 3.8) is 0 Å². The number of hydrogen-bond donors (Lipinski definition) is 0. The number of ether oxygens (including phenoxy) is 1. The summed E-state index contributed by atoms with van der Waals surface area (Å²) in [6, 6.07) is 0. The van der Waals surface area contributed by atoms with Crippen molar-refractivity contribution in [1.29, 1.82) is 0 Å². The molecule has 1 fully saturated rings. The molecule has 1 aliphatic heterocycles. The van der Waals surface area contributed by atoms with Gasteiger partial charge in [-0.2, -0.15) is 5.10 Å². The molecule has 2 rings (SSSR count). The van der Waals surface area contributed by atoms with Gasteiger partial charge in [0, 0.05) is 32.1 Å². The molecule has 5 heteroatoms. The zero-order chi connectivity index (χ0) is 13.1. The zero-order valence-corrected chi connectivity index (χ0v) is 12.5. The summed E-state index contributed by atoms with van der Waals surface area (Å²) in [6.45, 7) is 6.22. The second-order valence-electron chi connectivity index (χ2n) is 4.69. The summed E-state index contributed by atoms with van der Waals surface area (Å²) < 4.78 is 8.18. The molecule has 0 bridgehead atoms. The molecule has 0 radical (unpaired) electrons. The van der Waals surface area contributed by atoms with Crippen LogP contribution in [-0.4, -0.2) is 28.8 Å². The maximum atomic E-state index is 12.3. The first-order valence-corrected chi connectivity index (χ1v) is 7.25. The predicted molar refractivity (Wildman–Crippen MR) is 72.6 cm³/mol. The highest BCUT2D eigenvalue weighted by atomic mass is 79.9. The first kappa shape index (κ1) is 13.7. The number of aromatic nitrogens is 2. The lowest BCUT2D eigenvalue weighted by Crippen LogP contribution is -2.25. The lowest BCUT2D eigenvalue weighted by atomic mass is 9.93. The summed E-state index contributed by atoms with van der Waals surface area (Å²) in [5.74, 6) is 0.472. The lowest BCUT2D eigenvalue weighted by Gasteiger charge is -2.20. The number of hydrogen-bond acceptors (Lipinski definition) is 3. The molecule has 0 saturated carbocycles. The molecule has 4 nitrogen and oxygen atoms in total. The highest BCUT2D eigenvalue weighted by Gasteiger charge is 2.24. The van der Waals surface area contributed by atoms with E-state index in [2.05, 4.69) is 21.0 Å². The van der Waals surface area contributed by atoms with Gasteiger partial charge in [-0.3, -0.25) is 9.48 Å². The summed E-state index contributed by atoms with van der Waals surface area (Å²) in [7, 11) is 0. The minimum Gasteiger partial charge on any atom is -0.381 e. The van der Waals surface area contributed by atoms with Gasteiger partial charge >= 0.3 is 0 Å². The third-order valence-electron chi connectivity index (χ3n) is 3.47. The molecule has 0 aliphatic carbocycles. The van der Waals surface area contributed by atoms with Crippen LogP contribution in [0.1, 0.15) is 31.2 Å². The molecule has 0 spiro atoms. The van der Waals surface area contributed by atoms with E-state index in [0.29, 0.717) is 25.4 Å². The van der Waals surface area contributed by atoms with E-state index in [9.17, 15) is 4.79 Å². The number of nitrogens with zero attached hydrogens (tertiary/aromatic N) is 2. The van der Waals surface area contributed by atoms with Crippen LogP contribution in [0.15, 0.2) is 4.47 Å². The molecule has 1 saturated heterocycles. The van der Waals surface area contributed by atoms with Gasteiger partial charge in [-0.05, 0) is 42.6 Å². The quantitative estimate of drug-likeness (QED) is 0.857. The molecule has 18 heavy (non-hydrogen) atoms. The average Bonchev–Trinajstić information content (AvgIpc) is 2.67. The summed E-state index contributed by atoms with van der Waals surface area (Å²) in [5.41, 5.74) is 1.96. The van der Waals surface area contributed by atoms with E-state index >= 15 is 0 Å². The van der Waals surface area contributed by atoms with Crippen LogP contribution in [0.4, 0.5) is 0 Å². The monoisotopic (exact) mass is 314 g/mol. The maximum Gasteiger partial charge on any atom is 0.142 e. The number of aryl methyl sites for hydroxylation is 2. The van der Waals surface area contributed by atoms with Gasteiger partial charge in [-0.25, -0.2) is 0 Å². The molecule has 1 aromatic rings. The van der Waals surface area contributed by atoms with Crippen LogP contribution in [0.3, 0.4) is 0 Å². The van der Waals surface area contributed by atoms with Crippen molar-refractivity contribution in [2.45, 2.75) is 39.7 Å². The molecule has 1 aromatic heterocycles. The molecular formula is C13H19BrN2O2. The Bertz CT molecular complexity index is 436. The third kappa shape index (κ3) is 2.83. The minimum absolute atomic E-state index is 0.158. The Labute approximate surface area is 116 Å². The van der Waals surface area contributed by atoms with Crippen LogP contribution in [-0.2, 0) is 22.5 Å². The van der Waals surface area contributed by atoms with E-state index in [1.165, 1.54) is 0 Å². The average molecular weight is 315 g/mol. The molecule has 0 amide bonds. The van der Waals surface area contributed by atoms with Crippen molar-refractivity contribution in [2.24, 2.45) is 5.92 Å². The first-order chi connectivity index (χ1) is 8.63. The van der Waals surface area contributed by atoms with Crippen molar-refractivity contribution in [1.82, 2.24) is 9.78 Å². The van der Waals surface area contributed by atoms with Crippen LogP contribution in [0.5, 0.6) is 0 Å². The molecule has 0 atom stereocenters. The second-order valence-corrected chi connectivity index (χ2v) is 5.48. The topological polar surface area (TPSA) is 44.1 Å². The Balaban J connectivity index is 2.10. The van der Waals surface area contributed by atoms with Crippen molar-refractivity contribution in [3.05, 3.63) is 15.9 Å². The Kier molecular flexibility index (Phi) is 4.56. The van der Waals surface area contributed by atoms with Gasteiger partial charge in [0.15, 0.2) is 0 Å². The molecule has 100 valence electrons. The second kappa shape index (κ2) is 5.97. The van der Waals surface area contributed by atoms with Crippen molar-refractivity contribution in [3.8, 4) is 0 Å². The van der Waals surface area contributed by atoms with Gasteiger partial charge < -0.3 is 4.74 Å². The standard InChI is InChI=1S/C13H19BrN2O2/c1-3-16-11(13(14)9(2)15-16)8-12(17)10-4-6-18-7-5-10/h10H,3-8H2,1-2H3. The summed E-state index contributed by atoms with van der Waals surface area (Å²) in [5, 5.41) is 4.42. The number of carbonyl (C=O) groups is 1. The molecule has 0 unspecified atom stereocenters. The van der Waals surface area contributed by atoms with Gasteiger partial charge in [0.25, 0.3) is 0 Å². The van der Waals surface area contributed by atoms with Crippen LogP contribution >= 0.6 is 15.9 Å². The Morgan fingerprint density at radius 2 is 2.17 bits per heavy atom. The fourth-order valence-corrected chi connectivity index (χ4v) is 2.79.